The molecule has 1 rings (SSSR count). The lowest BCUT2D eigenvalue weighted by atomic mass is 10.1. The Labute approximate surface area is 120 Å². The minimum absolute atomic E-state index is 0. The zero-order valence-electron chi connectivity index (χ0n) is 10.9. The maximum absolute atomic E-state index is 11.8. The van der Waals surface area contributed by atoms with Gasteiger partial charge in [0.15, 0.2) is 0 Å². The Morgan fingerprint density at radius 2 is 2.11 bits per heavy atom. The zero-order chi connectivity index (χ0) is 12.8. The van der Waals surface area contributed by atoms with Crippen molar-refractivity contribution in [2.75, 3.05) is 13.1 Å². The first-order valence-corrected chi connectivity index (χ1v) is 6.20. The molecule has 0 fully saturated rings. The van der Waals surface area contributed by atoms with E-state index in [9.17, 15) is 4.79 Å². The van der Waals surface area contributed by atoms with E-state index in [4.69, 9.17) is 11.6 Å². The van der Waals surface area contributed by atoms with Gasteiger partial charge in [-0.3, -0.25) is 4.79 Å². The van der Waals surface area contributed by atoms with Gasteiger partial charge in [-0.1, -0.05) is 24.6 Å². The van der Waals surface area contributed by atoms with Gasteiger partial charge in [0.25, 0.3) is 5.91 Å². The number of rotatable bonds is 5. The van der Waals surface area contributed by atoms with Crippen molar-refractivity contribution in [2.45, 2.75) is 26.8 Å². The number of carbonyl (C=O) groups is 1. The summed E-state index contributed by atoms with van der Waals surface area (Å²) in [5.74, 6) is -0.0864. The molecule has 3 nitrogen and oxygen atoms in total. The van der Waals surface area contributed by atoms with Crippen LogP contribution in [0.15, 0.2) is 18.2 Å². The van der Waals surface area contributed by atoms with E-state index in [2.05, 4.69) is 10.6 Å². The second-order valence-electron chi connectivity index (χ2n) is 4.13. The monoisotopic (exact) mass is 290 g/mol. The van der Waals surface area contributed by atoms with Crippen LogP contribution in [-0.2, 0) is 0 Å². The van der Waals surface area contributed by atoms with Crippen LogP contribution in [0.4, 0.5) is 0 Å². The average Bonchev–Trinajstić information content (AvgIpc) is 2.30. The summed E-state index contributed by atoms with van der Waals surface area (Å²) in [6.07, 6.45) is 0. The summed E-state index contributed by atoms with van der Waals surface area (Å²) in [5, 5.41) is 6.72. The fraction of sp³-hybridized carbons (Fsp3) is 0.462. The van der Waals surface area contributed by atoms with Gasteiger partial charge in [0.2, 0.25) is 0 Å². The van der Waals surface area contributed by atoms with E-state index in [1.807, 2.05) is 26.8 Å². The maximum atomic E-state index is 11.8. The third kappa shape index (κ3) is 5.25. The molecule has 0 saturated carbocycles. The van der Waals surface area contributed by atoms with Gasteiger partial charge in [0.1, 0.15) is 0 Å². The van der Waals surface area contributed by atoms with Crippen LogP contribution in [0.3, 0.4) is 0 Å². The lowest BCUT2D eigenvalue weighted by Gasteiger charge is -2.13. The SMILES string of the molecule is CCN[C@H](C)CNC(=O)c1ccc(C)c(Cl)c1.Cl. The van der Waals surface area contributed by atoms with E-state index < -0.39 is 0 Å². The van der Waals surface area contributed by atoms with Gasteiger partial charge < -0.3 is 10.6 Å². The molecule has 18 heavy (non-hydrogen) atoms. The molecular formula is C13H20Cl2N2O. The van der Waals surface area contributed by atoms with E-state index in [0.29, 0.717) is 17.1 Å². The number of benzene rings is 1. The third-order valence-electron chi connectivity index (χ3n) is 2.56. The van der Waals surface area contributed by atoms with E-state index in [0.717, 1.165) is 12.1 Å². The predicted molar refractivity (Wildman–Crippen MR) is 78.9 cm³/mol. The number of halogens is 2. The lowest BCUT2D eigenvalue weighted by molar-refractivity contribution is 0.0950. The van der Waals surface area contributed by atoms with Crippen molar-refractivity contribution in [3.8, 4) is 0 Å². The Balaban J connectivity index is 0.00000289. The molecule has 0 bridgehead atoms. The maximum Gasteiger partial charge on any atom is 0.251 e. The lowest BCUT2D eigenvalue weighted by Crippen LogP contribution is -2.38. The van der Waals surface area contributed by atoms with Crippen LogP contribution in [0.5, 0.6) is 0 Å². The highest BCUT2D eigenvalue weighted by Crippen LogP contribution is 2.16. The second kappa shape index (κ2) is 8.35. The molecule has 0 spiro atoms. The molecule has 1 amide bonds. The van der Waals surface area contributed by atoms with E-state index >= 15 is 0 Å². The van der Waals surface area contributed by atoms with Crippen LogP contribution in [0.1, 0.15) is 29.8 Å². The van der Waals surface area contributed by atoms with E-state index in [1.54, 1.807) is 12.1 Å². The van der Waals surface area contributed by atoms with Crippen LogP contribution in [-0.4, -0.2) is 25.0 Å². The number of likely N-dealkylation sites (N-methyl/N-ethyl adjacent to an activating group) is 1. The molecule has 1 aromatic rings. The highest BCUT2D eigenvalue weighted by Gasteiger charge is 2.08. The van der Waals surface area contributed by atoms with Crippen molar-refractivity contribution >= 4 is 29.9 Å². The molecule has 0 aliphatic carbocycles. The summed E-state index contributed by atoms with van der Waals surface area (Å²) < 4.78 is 0. The fourth-order valence-electron chi connectivity index (χ4n) is 1.50. The molecule has 0 radical (unpaired) electrons. The summed E-state index contributed by atoms with van der Waals surface area (Å²) in [6.45, 7) is 7.49. The van der Waals surface area contributed by atoms with Crippen LogP contribution in [0, 0.1) is 6.92 Å². The first-order valence-electron chi connectivity index (χ1n) is 5.82. The molecule has 0 aliphatic heterocycles. The van der Waals surface area contributed by atoms with Gasteiger partial charge in [0.05, 0.1) is 0 Å². The zero-order valence-corrected chi connectivity index (χ0v) is 12.5. The number of aryl methyl sites for hydroxylation is 1. The normalized spacial score (nSPS) is 11.6. The Hall–Kier alpha value is -0.770. The second-order valence-corrected chi connectivity index (χ2v) is 4.54. The molecule has 0 unspecified atom stereocenters. The summed E-state index contributed by atoms with van der Waals surface area (Å²) in [4.78, 5) is 11.8. The molecule has 1 atom stereocenters. The largest absolute Gasteiger partial charge is 0.350 e. The number of nitrogens with one attached hydrogen (secondary N) is 2. The average molecular weight is 291 g/mol. The molecule has 0 aliphatic rings. The number of hydrogen-bond donors (Lipinski definition) is 2. The van der Waals surface area contributed by atoms with E-state index in [-0.39, 0.29) is 24.4 Å². The smallest absolute Gasteiger partial charge is 0.251 e. The van der Waals surface area contributed by atoms with Crippen LogP contribution >= 0.6 is 24.0 Å². The Morgan fingerprint density at radius 1 is 1.44 bits per heavy atom. The molecule has 1 aromatic carbocycles. The van der Waals surface area contributed by atoms with Crippen molar-refractivity contribution < 1.29 is 4.79 Å². The van der Waals surface area contributed by atoms with Crippen molar-refractivity contribution in [2.24, 2.45) is 0 Å². The van der Waals surface area contributed by atoms with Gasteiger partial charge in [0, 0.05) is 23.2 Å². The van der Waals surface area contributed by atoms with Crippen molar-refractivity contribution in [3.05, 3.63) is 34.3 Å². The predicted octanol–water partition coefficient (Wildman–Crippen LogP) is 2.80. The van der Waals surface area contributed by atoms with Crippen LogP contribution < -0.4 is 10.6 Å². The molecule has 0 aromatic heterocycles. The summed E-state index contributed by atoms with van der Waals surface area (Å²) in [7, 11) is 0. The Morgan fingerprint density at radius 3 is 2.67 bits per heavy atom. The molecule has 0 heterocycles. The first-order chi connectivity index (χ1) is 8.04. The molecular weight excluding hydrogens is 271 g/mol. The summed E-state index contributed by atoms with van der Waals surface area (Å²) in [6, 6.07) is 5.61. The Kier molecular flexibility index (Phi) is 8.00. The van der Waals surface area contributed by atoms with Crippen LogP contribution in [0.2, 0.25) is 5.02 Å². The molecule has 5 heteroatoms. The molecule has 2 N–H and O–H groups in total. The fourth-order valence-corrected chi connectivity index (χ4v) is 1.68. The third-order valence-corrected chi connectivity index (χ3v) is 2.96. The number of amides is 1. The number of hydrogen-bond acceptors (Lipinski definition) is 2. The van der Waals surface area contributed by atoms with Gasteiger partial charge in [-0.2, -0.15) is 0 Å². The van der Waals surface area contributed by atoms with Crippen molar-refractivity contribution in [1.29, 1.82) is 0 Å². The summed E-state index contributed by atoms with van der Waals surface area (Å²) in [5.41, 5.74) is 1.58. The van der Waals surface area contributed by atoms with Crippen molar-refractivity contribution in [1.82, 2.24) is 10.6 Å². The van der Waals surface area contributed by atoms with Gasteiger partial charge in [-0.25, -0.2) is 0 Å². The van der Waals surface area contributed by atoms with Gasteiger partial charge in [-0.15, -0.1) is 12.4 Å². The Bertz CT molecular complexity index is 397. The topological polar surface area (TPSA) is 41.1 Å². The van der Waals surface area contributed by atoms with E-state index in [1.165, 1.54) is 0 Å². The highest BCUT2D eigenvalue weighted by atomic mass is 35.5. The first kappa shape index (κ1) is 17.2. The summed E-state index contributed by atoms with van der Waals surface area (Å²) >= 11 is 5.98. The minimum Gasteiger partial charge on any atom is -0.350 e. The quantitative estimate of drug-likeness (QED) is 0.876. The molecule has 0 saturated heterocycles. The standard InChI is InChI=1S/C13H19ClN2O.ClH/c1-4-15-10(3)8-16-13(17)11-6-5-9(2)12(14)7-11;/h5-7,10,15H,4,8H2,1-3H3,(H,16,17);1H/t10-;/m1./s1. The van der Waals surface area contributed by atoms with Crippen molar-refractivity contribution in [3.63, 3.8) is 0 Å². The highest BCUT2D eigenvalue weighted by molar-refractivity contribution is 6.31. The minimum atomic E-state index is -0.0864. The van der Waals surface area contributed by atoms with Crippen LogP contribution in [0.25, 0.3) is 0 Å². The number of carbonyl (C=O) groups excluding carboxylic acids is 1. The van der Waals surface area contributed by atoms with Gasteiger partial charge in [-0.05, 0) is 38.1 Å². The van der Waals surface area contributed by atoms with Gasteiger partial charge >= 0.3 is 0 Å². The molecule has 102 valence electrons.